The highest BCUT2D eigenvalue weighted by Crippen LogP contribution is 2.24. The molecule has 0 saturated heterocycles. The lowest BCUT2D eigenvalue weighted by Crippen LogP contribution is -2.51. The summed E-state index contributed by atoms with van der Waals surface area (Å²) in [7, 11) is 0. The Morgan fingerprint density at radius 3 is 2.62 bits per heavy atom. The van der Waals surface area contributed by atoms with Crippen LogP contribution in [0.4, 0.5) is 0 Å². The zero-order valence-electron chi connectivity index (χ0n) is 14.0. The maximum atomic E-state index is 12.2. The Hall–Kier alpha value is -1.01. The van der Waals surface area contributed by atoms with Crippen molar-refractivity contribution in [2.45, 2.75) is 64.9 Å². The highest BCUT2D eigenvalue weighted by molar-refractivity contribution is 8.00. The van der Waals surface area contributed by atoms with E-state index in [4.69, 9.17) is 5.73 Å². The van der Waals surface area contributed by atoms with Gasteiger partial charge in [-0.1, -0.05) is 6.92 Å². The summed E-state index contributed by atoms with van der Waals surface area (Å²) in [5.74, 6) is -0.114. The highest BCUT2D eigenvalue weighted by atomic mass is 32.2. The molecule has 3 N–H and O–H groups in total. The molecule has 1 rings (SSSR count). The van der Waals surface area contributed by atoms with Gasteiger partial charge in [0.2, 0.25) is 5.91 Å². The summed E-state index contributed by atoms with van der Waals surface area (Å²) >= 11 is 1.60. The number of nitrogens with one attached hydrogen (secondary N) is 1. The van der Waals surface area contributed by atoms with Crippen molar-refractivity contribution in [1.82, 2.24) is 15.1 Å². The zero-order chi connectivity index (χ0) is 16.2. The fourth-order valence-electron chi connectivity index (χ4n) is 2.15. The van der Waals surface area contributed by atoms with Gasteiger partial charge in [0, 0.05) is 29.1 Å². The van der Waals surface area contributed by atoms with Crippen LogP contribution in [0.25, 0.3) is 0 Å². The maximum absolute atomic E-state index is 12.2. The quantitative estimate of drug-likeness (QED) is 0.807. The Kier molecular flexibility index (Phi) is 6.28. The molecule has 1 amide bonds. The molecule has 0 unspecified atom stereocenters. The van der Waals surface area contributed by atoms with E-state index in [2.05, 4.69) is 17.3 Å². The number of thioether (sulfide) groups is 1. The molecule has 1 aromatic heterocycles. The first-order chi connectivity index (χ1) is 9.74. The molecular weight excluding hydrogens is 284 g/mol. The Bertz CT molecular complexity index is 496. The number of carbonyl (C=O) groups excluding carboxylic acids is 1. The largest absolute Gasteiger partial charge is 0.350 e. The molecule has 1 atom stereocenters. The summed E-state index contributed by atoms with van der Waals surface area (Å²) in [5.41, 5.74) is 9.22. The number of nitrogens with two attached hydrogens (primary N) is 1. The summed E-state index contributed by atoms with van der Waals surface area (Å²) in [6.45, 7) is 11.5. The van der Waals surface area contributed by atoms with Crippen LogP contribution in [0.3, 0.4) is 0 Å². The molecule has 120 valence electrons. The van der Waals surface area contributed by atoms with Crippen LogP contribution in [0.2, 0.25) is 0 Å². The minimum absolute atomic E-state index is 0.114. The standard InChI is InChI=1S/C15H28N4OS/c1-7-8-19-11(3)12(10(2)18-19)9-17-14(20)13(16)15(4,5)21-6/h13H,7-9,16H2,1-6H3,(H,17,20)/t13-/m1/s1. The molecule has 0 aliphatic carbocycles. The topological polar surface area (TPSA) is 72.9 Å². The first-order valence-corrected chi connectivity index (χ1v) is 8.58. The van der Waals surface area contributed by atoms with E-state index in [1.54, 1.807) is 11.8 Å². The molecule has 0 radical (unpaired) electrons. The van der Waals surface area contributed by atoms with Gasteiger partial charge in [0.1, 0.15) is 0 Å². The van der Waals surface area contributed by atoms with Crippen molar-refractivity contribution in [1.29, 1.82) is 0 Å². The van der Waals surface area contributed by atoms with E-state index in [-0.39, 0.29) is 10.7 Å². The highest BCUT2D eigenvalue weighted by Gasteiger charge is 2.31. The van der Waals surface area contributed by atoms with Crippen LogP contribution < -0.4 is 11.1 Å². The average molecular weight is 312 g/mol. The van der Waals surface area contributed by atoms with Crippen molar-refractivity contribution >= 4 is 17.7 Å². The van der Waals surface area contributed by atoms with Crippen LogP contribution in [-0.2, 0) is 17.9 Å². The number of amides is 1. The van der Waals surface area contributed by atoms with E-state index < -0.39 is 6.04 Å². The third-order valence-electron chi connectivity index (χ3n) is 3.96. The van der Waals surface area contributed by atoms with Crippen molar-refractivity contribution in [3.63, 3.8) is 0 Å². The Balaban J connectivity index is 2.74. The number of carbonyl (C=O) groups is 1. The molecule has 0 spiro atoms. The monoisotopic (exact) mass is 312 g/mol. The van der Waals surface area contributed by atoms with Gasteiger partial charge >= 0.3 is 0 Å². The number of rotatable bonds is 7. The molecule has 21 heavy (non-hydrogen) atoms. The number of aryl methyl sites for hydroxylation is 2. The van der Waals surface area contributed by atoms with Crippen LogP contribution in [-0.4, -0.2) is 32.7 Å². The van der Waals surface area contributed by atoms with E-state index in [0.717, 1.165) is 29.9 Å². The van der Waals surface area contributed by atoms with Gasteiger partial charge in [-0.2, -0.15) is 16.9 Å². The van der Waals surface area contributed by atoms with Gasteiger partial charge in [-0.25, -0.2) is 0 Å². The van der Waals surface area contributed by atoms with Gasteiger partial charge in [0.15, 0.2) is 0 Å². The smallest absolute Gasteiger partial charge is 0.238 e. The maximum Gasteiger partial charge on any atom is 0.238 e. The second-order valence-corrected chi connectivity index (χ2v) is 7.34. The van der Waals surface area contributed by atoms with E-state index in [9.17, 15) is 4.79 Å². The molecule has 0 saturated carbocycles. The fraction of sp³-hybridized carbons (Fsp3) is 0.733. The summed E-state index contributed by atoms with van der Waals surface area (Å²) in [4.78, 5) is 12.2. The van der Waals surface area contributed by atoms with Crippen molar-refractivity contribution in [3.05, 3.63) is 17.0 Å². The molecule has 0 aromatic carbocycles. The molecule has 6 heteroatoms. The van der Waals surface area contributed by atoms with Crippen molar-refractivity contribution in [2.24, 2.45) is 5.73 Å². The lowest BCUT2D eigenvalue weighted by atomic mass is 10.0. The van der Waals surface area contributed by atoms with Gasteiger partial charge in [-0.05, 0) is 40.4 Å². The Morgan fingerprint density at radius 2 is 2.10 bits per heavy atom. The zero-order valence-corrected chi connectivity index (χ0v) is 14.8. The van der Waals surface area contributed by atoms with Gasteiger partial charge < -0.3 is 11.1 Å². The molecule has 0 aliphatic heterocycles. The lowest BCUT2D eigenvalue weighted by molar-refractivity contribution is -0.123. The molecular formula is C15H28N4OS. The lowest BCUT2D eigenvalue weighted by Gasteiger charge is -2.28. The average Bonchev–Trinajstić information content (AvgIpc) is 2.70. The summed E-state index contributed by atoms with van der Waals surface area (Å²) in [5, 5.41) is 7.46. The molecule has 0 bridgehead atoms. The summed E-state index contributed by atoms with van der Waals surface area (Å²) in [6.07, 6.45) is 3.01. The number of hydrogen-bond acceptors (Lipinski definition) is 4. The SMILES string of the molecule is CCCn1nc(C)c(CNC(=O)[C@@H](N)C(C)(C)SC)c1C. The second kappa shape index (κ2) is 7.31. The predicted octanol–water partition coefficient (Wildman–Crippen LogP) is 2.00. The van der Waals surface area contributed by atoms with Crippen molar-refractivity contribution < 1.29 is 4.79 Å². The molecule has 5 nitrogen and oxygen atoms in total. The van der Waals surface area contributed by atoms with Crippen LogP contribution in [0, 0.1) is 13.8 Å². The first kappa shape index (κ1) is 18.0. The minimum atomic E-state index is -0.529. The third-order valence-corrected chi connectivity index (χ3v) is 5.27. The fourth-order valence-corrected chi connectivity index (χ4v) is 2.51. The van der Waals surface area contributed by atoms with Gasteiger partial charge in [0.25, 0.3) is 0 Å². The number of hydrogen-bond donors (Lipinski definition) is 2. The molecule has 0 fully saturated rings. The summed E-state index contributed by atoms with van der Waals surface area (Å²) < 4.78 is 1.73. The minimum Gasteiger partial charge on any atom is -0.350 e. The van der Waals surface area contributed by atoms with Gasteiger partial charge in [-0.15, -0.1) is 0 Å². The van der Waals surface area contributed by atoms with Gasteiger partial charge in [0.05, 0.1) is 11.7 Å². The normalized spacial score (nSPS) is 13.3. The second-order valence-electron chi connectivity index (χ2n) is 5.88. The number of nitrogens with zero attached hydrogens (tertiary/aromatic N) is 2. The van der Waals surface area contributed by atoms with E-state index in [1.807, 2.05) is 38.6 Å². The van der Waals surface area contributed by atoms with E-state index >= 15 is 0 Å². The van der Waals surface area contributed by atoms with Crippen LogP contribution in [0.15, 0.2) is 0 Å². The van der Waals surface area contributed by atoms with Crippen LogP contribution >= 0.6 is 11.8 Å². The number of aromatic nitrogens is 2. The van der Waals surface area contributed by atoms with Crippen molar-refractivity contribution in [2.75, 3.05) is 6.26 Å². The van der Waals surface area contributed by atoms with Gasteiger partial charge in [-0.3, -0.25) is 9.48 Å². The van der Waals surface area contributed by atoms with Crippen LogP contribution in [0.5, 0.6) is 0 Å². The molecule has 1 aromatic rings. The van der Waals surface area contributed by atoms with E-state index in [1.165, 1.54) is 0 Å². The first-order valence-electron chi connectivity index (χ1n) is 7.35. The van der Waals surface area contributed by atoms with Crippen molar-refractivity contribution in [3.8, 4) is 0 Å². The Labute approximate surface area is 132 Å². The summed E-state index contributed by atoms with van der Waals surface area (Å²) in [6, 6.07) is -0.529. The van der Waals surface area contributed by atoms with Crippen LogP contribution in [0.1, 0.15) is 44.1 Å². The predicted molar refractivity (Wildman–Crippen MR) is 89.4 cm³/mol. The molecule has 1 heterocycles. The Morgan fingerprint density at radius 1 is 1.48 bits per heavy atom. The third kappa shape index (κ3) is 4.23. The van der Waals surface area contributed by atoms with E-state index in [0.29, 0.717) is 6.54 Å². The molecule has 0 aliphatic rings.